The molecule has 4 heteroatoms. The molecule has 1 aromatic rings. The summed E-state index contributed by atoms with van der Waals surface area (Å²) in [6, 6.07) is 7.00. The fourth-order valence-electron chi connectivity index (χ4n) is 3.07. The Morgan fingerprint density at radius 1 is 1.17 bits per heavy atom. The normalized spacial score (nSPS) is 25.0. The maximum absolute atomic E-state index is 6.06. The van der Waals surface area contributed by atoms with Crippen LogP contribution in [0.25, 0.3) is 0 Å². The molecule has 2 heterocycles. The second kappa shape index (κ2) is 5.40. The molecule has 0 aliphatic carbocycles. The highest BCUT2D eigenvalue weighted by Crippen LogP contribution is 2.30. The van der Waals surface area contributed by atoms with Gasteiger partial charge in [-0.15, -0.1) is 0 Å². The zero-order valence-corrected chi connectivity index (χ0v) is 12.8. The first-order chi connectivity index (χ1) is 8.74. The van der Waals surface area contributed by atoms with E-state index >= 15 is 0 Å². The van der Waals surface area contributed by atoms with Gasteiger partial charge in [-0.25, -0.2) is 0 Å². The minimum absolute atomic E-state index is 0.752. The second-order valence-electron chi connectivity index (χ2n) is 5.23. The summed E-state index contributed by atoms with van der Waals surface area (Å²) in [5.74, 6) is 0. The van der Waals surface area contributed by atoms with Crippen LogP contribution in [0.1, 0.15) is 19.3 Å². The maximum Gasteiger partial charge on any atom is 0.0549 e. The molecular formula is C14H18BrClN2. The average Bonchev–Trinajstić information content (AvgIpc) is 2.41. The molecule has 2 fully saturated rings. The van der Waals surface area contributed by atoms with E-state index in [-0.39, 0.29) is 0 Å². The van der Waals surface area contributed by atoms with Crippen molar-refractivity contribution in [2.75, 3.05) is 31.1 Å². The standard InChI is InChI=1S/C14H18BrClN2/c15-13-9-11(4-5-14(13)16)18-8-7-17-6-2-1-3-12(17)10-18/h4-5,9,12H,1-3,6-8,10H2. The van der Waals surface area contributed by atoms with Gasteiger partial charge in [0.1, 0.15) is 0 Å². The molecule has 18 heavy (non-hydrogen) atoms. The van der Waals surface area contributed by atoms with Crippen LogP contribution in [0.3, 0.4) is 0 Å². The number of rotatable bonds is 1. The number of piperazine rings is 1. The predicted octanol–water partition coefficient (Wildman–Crippen LogP) is 3.78. The van der Waals surface area contributed by atoms with Crippen LogP contribution in [0.15, 0.2) is 22.7 Å². The molecule has 0 amide bonds. The molecule has 2 aliphatic heterocycles. The molecule has 2 nitrogen and oxygen atoms in total. The van der Waals surface area contributed by atoms with Crippen LogP contribution in [-0.2, 0) is 0 Å². The van der Waals surface area contributed by atoms with E-state index in [4.69, 9.17) is 11.6 Å². The van der Waals surface area contributed by atoms with Crippen molar-refractivity contribution in [1.82, 2.24) is 4.90 Å². The van der Waals surface area contributed by atoms with Gasteiger partial charge in [0, 0.05) is 35.8 Å². The number of halogens is 2. The molecule has 0 spiro atoms. The summed E-state index contributed by atoms with van der Waals surface area (Å²) in [5.41, 5.74) is 1.29. The van der Waals surface area contributed by atoms with Crippen molar-refractivity contribution in [3.8, 4) is 0 Å². The topological polar surface area (TPSA) is 6.48 Å². The summed E-state index contributed by atoms with van der Waals surface area (Å²) in [4.78, 5) is 5.15. The number of fused-ring (bicyclic) bond motifs is 1. The Kier molecular flexibility index (Phi) is 3.83. The fraction of sp³-hybridized carbons (Fsp3) is 0.571. The highest BCUT2D eigenvalue weighted by molar-refractivity contribution is 9.10. The third-order valence-electron chi connectivity index (χ3n) is 4.11. The van der Waals surface area contributed by atoms with Gasteiger partial charge < -0.3 is 4.90 Å². The number of nitrogens with zero attached hydrogens (tertiary/aromatic N) is 2. The Labute approximate surface area is 122 Å². The zero-order valence-electron chi connectivity index (χ0n) is 10.4. The number of hydrogen-bond donors (Lipinski definition) is 0. The van der Waals surface area contributed by atoms with Crippen LogP contribution in [0, 0.1) is 0 Å². The van der Waals surface area contributed by atoms with Crippen LogP contribution >= 0.6 is 27.5 Å². The average molecular weight is 330 g/mol. The molecule has 2 aliphatic rings. The molecule has 0 saturated carbocycles. The minimum Gasteiger partial charge on any atom is -0.369 e. The Morgan fingerprint density at radius 3 is 2.89 bits per heavy atom. The monoisotopic (exact) mass is 328 g/mol. The fourth-order valence-corrected chi connectivity index (χ4v) is 3.56. The van der Waals surface area contributed by atoms with E-state index in [1.165, 1.54) is 38.0 Å². The van der Waals surface area contributed by atoms with Crippen LogP contribution in [0.4, 0.5) is 5.69 Å². The van der Waals surface area contributed by atoms with E-state index in [0.717, 1.165) is 28.6 Å². The first-order valence-electron chi connectivity index (χ1n) is 6.68. The van der Waals surface area contributed by atoms with Crippen molar-refractivity contribution in [3.63, 3.8) is 0 Å². The second-order valence-corrected chi connectivity index (χ2v) is 6.49. The largest absolute Gasteiger partial charge is 0.369 e. The van der Waals surface area contributed by atoms with Crippen molar-refractivity contribution in [2.24, 2.45) is 0 Å². The van der Waals surface area contributed by atoms with Gasteiger partial charge in [-0.1, -0.05) is 18.0 Å². The van der Waals surface area contributed by atoms with Gasteiger partial charge in [0.05, 0.1) is 5.02 Å². The van der Waals surface area contributed by atoms with Crippen LogP contribution in [0.2, 0.25) is 5.02 Å². The van der Waals surface area contributed by atoms with Gasteiger partial charge in [0.2, 0.25) is 0 Å². The lowest BCUT2D eigenvalue weighted by Gasteiger charge is -2.45. The van der Waals surface area contributed by atoms with Crippen molar-refractivity contribution in [2.45, 2.75) is 25.3 Å². The van der Waals surface area contributed by atoms with Crippen molar-refractivity contribution >= 4 is 33.2 Å². The molecule has 98 valence electrons. The van der Waals surface area contributed by atoms with Crippen LogP contribution in [-0.4, -0.2) is 37.1 Å². The zero-order chi connectivity index (χ0) is 12.5. The lowest BCUT2D eigenvalue weighted by atomic mass is 9.99. The van der Waals surface area contributed by atoms with Gasteiger partial charge in [-0.2, -0.15) is 0 Å². The third-order valence-corrected chi connectivity index (χ3v) is 5.32. The molecule has 0 bridgehead atoms. The van der Waals surface area contributed by atoms with Crippen LogP contribution in [0.5, 0.6) is 0 Å². The molecule has 0 aromatic heterocycles. The first kappa shape index (κ1) is 12.8. The quantitative estimate of drug-likeness (QED) is 0.774. The lowest BCUT2D eigenvalue weighted by molar-refractivity contribution is 0.133. The van der Waals surface area contributed by atoms with Crippen molar-refractivity contribution in [1.29, 1.82) is 0 Å². The van der Waals surface area contributed by atoms with Gasteiger partial charge in [0.25, 0.3) is 0 Å². The van der Waals surface area contributed by atoms with E-state index in [0.29, 0.717) is 0 Å². The molecule has 1 atom stereocenters. The highest BCUT2D eigenvalue weighted by atomic mass is 79.9. The summed E-state index contributed by atoms with van der Waals surface area (Å²) in [6.45, 7) is 4.78. The van der Waals surface area contributed by atoms with Crippen molar-refractivity contribution < 1.29 is 0 Å². The molecule has 0 radical (unpaired) electrons. The molecule has 0 N–H and O–H groups in total. The van der Waals surface area contributed by atoms with Gasteiger partial charge >= 0.3 is 0 Å². The Morgan fingerprint density at radius 2 is 2.06 bits per heavy atom. The summed E-state index contributed by atoms with van der Waals surface area (Å²) < 4.78 is 0.993. The number of piperidine rings is 1. The molecule has 2 saturated heterocycles. The highest BCUT2D eigenvalue weighted by Gasteiger charge is 2.28. The Balaban J connectivity index is 1.75. The number of hydrogen-bond acceptors (Lipinski definition) is 2. The molecule has 3 rings (SSSR count). The van der Waals surface area contributed by atoms with E-state index in [1.807, 2.05) is 6.07 Å². The Bertz CT molecular complexity index is 438. The lowest BCUT2D eigenvalue weighted by Crippen LogP contribution is -2.54. The summed E-state index contributed by atoms with van der Waals surface area (Å²) in [7, 11) is 0. The van der Waals surface area contributed by atoms with Gasteiger partial charge in [-0.05, 0) is 53.5 Å². The van der Waals surface area contributed by atoms with E-state index in [1.54, 1.807) is 0 Å². The van der Waals surface area contributed by atoms with E-state index in [2.05, 4.69) is 37.9 Å². The molecular weight excluding hydrogens is 312 g/mol. The van der Waals surface area contributed by atoms with Crippen LogP contribution < -0.4 is 4.90 Å². The van der Waals surface area contributed by atoms with Gasteiger partial charge in [-0.3, -0.25) is 4.90 Å². The Hall–Kier alpha value is -0.250. The first-order valence-corrected chi connectivity index (χ1v) is 7.85. The van der Waals surface area contributed by atoms with Gasteiger partial charge in [0.15, 0.2) is 0 Å². The molecule has 1 unspecified atom stereocenters. The van der Waals surface area contributed by atoms with E-state index in [9.17, 15) is 0 Å². The van der Waals surface area contributed by atoms with Crippen molar-refractivity contribution in [3.05, 3.63) is 27.7 Å². The number of benzene rings is 1. The number of anilines is 1. The summed E-state index contributed by atoms with van der Waals surface area (Å²) in [6.07, 6.45) is 4.12. The molecule has 1 aromatic carbocycles. The summed E-state index contributed by atoms with van der Waals surface area (Å²) >= 11 is 9.57. The smallest absolute Gasteiger partial charge is 0.0549 e. The van der Waals surface area contributed by atoms with E-state index < -0.39 is 0 Å². The summed E-state index contributed by atoms with van der Waals surface area (Å²) in [5, 5.41) is 0.787. The minimum atomic E-state index is 0.752. The SMILES string of the molecule is Clc1ccc(N2CCN3CCCCC3C2)cc1Br. The predicted molar refractivity (Wildman–Crippen MR) is 80.6 cm³/mol. The maximum atomic E-state index is 6.06. The third kappa shape index (κ3) is 2.54.